The van der Waals surface area contributed by atoms with Crippen molar-refractivity contribution in [3.8, 4) is 5.75 Å². The second kappa shape index (κ2) is 3.96. The predicted octanol–water partition coefficient (Wildman–Crippen LogP) is 1.56. The van der Waals surface area contributed by atoms with Crippen LogP contribution in [0.15, 0.2) is 18.2 Å². The van der Waals surface area contributed by atoms with E-state index >= 15 is 0 Å². The number of methoxy groups -OCH3 is 1. The molecule has 0 aromatic heterocycles. The molecule has 1 heterocycles. The fraction of sp³-hybridized carbons (Fsp3) is 0.333. The van der Waals surface area contributed by atoms with Crippen molar-refractivity contribution in [3.63, 3.8) is 0 Å². The Labute approximate surface area is 93.2 Å². The first-order valence-corrected chi connectivity index (χ1v) is 5.01. The van der Waals surface area contributed by atoms with E-state index in [1.807, 2.05) is 19.1 Å². The number of carbonyl (C=O) groups excluding carboxylic acids is 2. The highest BCUT2D eigenvalue weighted by molar-refractivity contribution is 5.98. The highest BCUT2D eigenvalue weighted by Crippen LogP contribution is 2.35. The minimum atomic E-state index is -0.524. The van der Waals surface area contributed by atoms with Crippen molar-refractivity contribution in [2.75, 3.05) is 7.11 Å². The number of ether oxygens (including phenoxy) is 2. The first kappa shape index (κ1) is 10.7. The molecule has 0 amide bonds. The van der Waals surface area contributed by atoms with Crippen molar-refractivity contribution in [1.29, 1.82) is 0 Å². The van der Waals surface area contributed by atoms with Gasteiger partial charge in [0.05, 0.1) is 19.4 Å². The van der Waals surface area contributed by atoms with Gasteiger partial charge in [-0.15, -0.1) is 0 Å². The Balaban J connectivity index is 2.47. The Morgan fingerprint density at radius 3 is 2.69 bits per heavy atom. The molecule has 0 spiro atoms. The summed E-state index contributed by atoms with van der Waals surface area (Å²) in [5, 5.41) is 0. The molecule has 1 aromatic carbocycles. The quantitative estimate of drug-likeness (QED) is 0.560. The van der Waals surface area contributed by atoms with Gasteiger partial charge in [-0.25, -0.2) is 0 Å². The zero-order valence-corrected chi connectivity index (χ0v) is 9.15. The molecular weight excluding hydrogens is 208 g/mol. The zero-order valence-electron chi connectivity index (χ0n) is 9.15. The lowest BCUT2D eigenvalue weighted by Crippen LogP contribution is -2.09. The molecule has 2 rings (SSSR count). The van der Waals surface area contributed by atoms with Crippen LogP contribution < -0.4 is 4.74 Å². The molecule has 16 heavy (non-hydrogen) atoms. The minimum absolute atomic E-state index is 0.0973. The van der Waals surface area contributed by atoms with Crippen LogP contribution >= 0.6 is 0 Å². The maximum absolute atomic E-state index is 11.5. The molecule has 1 fully saturated rings. The van der Waals surface area contributed by atoms with Crippen LogP contribution in [-0.4, -0.2) is 19.0 Å². The van der Waals surface area contributed by atoms with E-state index in [0.717, 1.165) is 11.1 Å². The van der Waals surface area contributed by atoms with E-state index in [1.54, 1.807) is 13.2 Å². The summed E-state index contributed by atoms with van der Waals surface area (Å²) >= 11 is 0. The third-order valence-electron chi connectivity index (χ3n) is 2.72. The van der Waals surface area contributed by atoms with Gasteiger partial charge < -0.3 is 9.47 Å². The van der Waals surface area contributed by atoms with Crippen molar-refractivity contribution in [1.82, 2.24) is 0 Å². The third kappa shape index (κ3) is 1.66. The van der Waals surface area contributed by atoms with E-state index in [9.17, 15) is 9.59 Å². The van der Waals surface area contributed by atoms with Gasteiger partial charge in [0.2, 0.25) is 0 Å². The Hall–Kier alpha value is -1.84. The molecular formula is C12H12O4. The number of carbonyl (C=O) groups is 2. The van der Waals surface area contributed by atoms with Gasteiger partial charge in [-0.2, -0.15) is 0 Å². The average Bonchev–Trinajstić information content (AvgIpc) is 2.57. The highest BCUT2D eigenvalue weighted by atomic mass is 16.6. The Morgan fingerprint density at radius 2 is 2.12 bits per heavy atom. The normalized spacial score (nSPS) is 19.8. The van der Waals surface area contributed by atoms with Gasteiger partial charge in [0.1, 0.15) is 5.75 Å². The van der Waals surface area contributed by atoms with Crippen LogP contribution in [0.2, 0.25) is 0 Å². The van der Waals surface area contributed by atoms with Gasteiger partial charge in [0.25, 0.3) is 0 Å². The summed E-state index contributed by atoms with van der Waals surface area (Å²) in [4.78, 5) is 22.6. The summed E-state index contributed by atoms with van der Waals surface area (Å²) in [6.07, 6.45) is 0.0973. The molecule has 0 aliphatic carbocycles. The highest BCUT2D eigenvalue weighted by Gasteiger charge is 2.37. The molecule has 84 valence electrons. The van der Waals surface area contributed by atoms with Gasteiger partial charge in [0, 0.05) is 5.56 Å². The first-order chi connectivity index (χ1) is 7.63. The van der Waals surface area contributed by atoms with Crippen LogP contribution in [-0.2, 0) is 14.3 Å². The largest absolute Gasteiger partial charge is 0.496 e. The van der Waals surface area contributed by atoms with Crippen LogP contribution in [0.3, 0.4) is 0 Å². The number of hydrogen-bond donors (Lipinski definition) is 0. The van der Waals surface area contributed by atoms with Crippen LogP contribution in [0, 0.1) is 6.92 Å². The molecule has 1 saturated heterocycles. The molecule has 0 radical (unpaired) electrons. The van der Waals surface area contributed by atoms with E-state index in [4.69, 9.17) is 4.74 Å². The monoisotopic (exact) mass is 220 g/mol. The molecule has 0 saturated carbocycles. The van der Waals surface area contributed by atoms with Crippen molar-refractivity contribution >= 4 is 11.9 Å². The second-order valence-corrected chi connectivity index (χ2v) is 3.74. The van der Waals surface area contributed by atoms with Crippen molar-refractivity contribution in [2.24, 2.45) is 0 Å². The van der Waals surface area contributed by atoms with Crippen LogP contribution in [0.1, 0.15) is 23.5 Å². The fourth-order valence-corrected chi connectivity index (χ4v) is 1.97. The smallest absolute Gasteiger partial charge is 0.321 e. The van der Waals surface area contributed by atoms with E-state index in [1.165, 1.54) is 0 Å². The van der Waals surface area contributed by atoms with Gasteiger partial charge >= 0.3 is 11.9 Å². The number of rotatable bonds is 2. The molecule has 0 bridgehead atoms. The zero-order chi connectivity index (χ0) is 11.7. The lowest BCUT2D eigenvalue weighted by atomic mass is 9.92. The number of esters is 2. The minimum Gasteiger partial charge on any atom is -0.496 e. The average molecular weight is 220 g/mol. The fourth-order valence-electron chi connectivity index (χ4n) is 1.97. The number of benzene rings is 1. The third-order valence-corrected chi connectivity index (χ3v) is 2.72. The summed E-state index contributed by atoms with van der Waals surface area (Å²) < 4.78 is 9.75. The Kier molecular flexibility index (Phi) is 2.64. The van der Waals surface area contributed by atoms with E-state index in [0.29, 0.717) is 5.75 Å². The van der Waals surface area contributed by atoms with E-state index < -0.39 is 17.9 Å². The molecule has 1 unspecified atom stereocenters. The first-order valence-electron chi connectivity index (χ1n) is 5.01. The topological polar surface area (TPSA) is 52.6 Å². The van der Waals surface area contributed by atoms with Gasteiger partial charge in [-0.3, -0.25) is 9.59 Å². The van der Waals surface area contributed by atoms with Gasteiger partial charge in [0.15, 0.2) is 0 Å². The second-order valence-electron chi connectivity index (χ2n) is 3.74. The number of hydrogen-bond acceptors (Lipinski definition) is 4. The van der Waals surface area contributed by atoms with Gasteiger partial charge in [-0.05, 0) is 18.6 Å². The molecule has 1 aromatic rings. The van der Waals surface area contributed by atoms with Crippen molar-refractivity contribution in [3.05, 3.63) is 29.3 Å². The molecule has 1 aliphatic rings. The lowest BCUT2D eigenvalue weighted by Gasteiger charge is -2.13. The molecule has 1 aliphatic heterocycles. The summed E-state index contributed by atoms with van der Waals surface area (Å²) in [7, 11) is 1.54. The number of cyclic esters (lactones) is 2. The van der Waals surface area contributed by atoms with E-state index in [-0.39, 0.29) is 6.42 Å². The SMILES string of the molecule is COc1cccc(C)c1C1CC(=O)OC1=O. The van der Waals surface area contributed by atoms with Crippen molar-refractivity contribution < 1.29 is 19.1 Å². The summed E-state index contributed by atoms with van der Waals surface area (Å²) in [6, 6.07) is 5.51. The number of aryl methyl sites for hydroxylation is 1. The predicted molar refractivity (Wildman–Crippen MR) is 56.2 cm³/mol. The lowest BCUT2D eigenvalue weighted by molar-refractivity contribution is -0.152. The van der Waals surface area contributed by atoms with E-state index in [2.05, 4.69) is 4.74 Å². The standard InChI is InChI=1S/C12H12O4/c1-7-4-3-5-9(15-2)11(7)8-6-10(13)16-12(8)14/h3-5,8H,6H2,1-2H3. The van der Waals surface area contributed by atoms with Crippen LogP contribution in [0.25, 0.3) is 0 Å². The molecule has 4 nitrogen and oxygen atoms in total. The Bertz CT molecular complexity index is 450. The maximum atomic E-state index is 11.5. The summed E-state index contributed by atoms with van der Waals surface area (Å²) in [5.41, 5.74) is 1.68. The molecule has 4 heteroatoms. The van der Waals surface area contributed by atoms with Crippen molar-refractivity contribution in [2.45, 2.75) is 19.3 Å². The summed E-state index contributed by atoms with van der Waals surface area (Å²) in [5.74, 6) is -0.863. The molecule has 0 N–H and O–H groups in total. The molecule has 1 atom stereocenters. The van der Waals surface area contributed by atoms with Crippen LogP contribution in [0.5, 0.6) is 5.75 Å². The van der Waals surface area contributed by atoms with Crippen LogP contribution in [0.4, 0.5) is 0 Å². The summed E-state index contributed by atoms with van der Waals surface area (Å²) in [6.45, 7) is 1.88. The van der Waals surface area contributed by atoms with Gasteiger partial charge in [-0.1, -0.05) is 12.1 Å². The maximum Gasteiger partial charge on any atom is 0.321 e. The Morgan fingerprint density at radius 1 is 1.38 bits per heavy atom.